The van der Waals surface area contributed by atoms with Crippen LogP contribution in [0.2, 0.25) is 0 Å². The predicted octanol–water partition coefficient (Wildman–Crippen LogP) is 2.52. The highest BCUT2D eigenvalue weighted by Gasteiger charge is 1.88. The van der Waals surface area contributed by atoms with Crippen molar-refractivity contribution in [3.05, 3.63) is 0 Å². The van der Waals surface area contributed by atoms with Crippen LogP contribution in [0.5, 0.6) is 0 Å². The molecule has 62 valence electrons. The molecule has 0 aliphatic rings. The summed E-state index contributed by atoms with van der Waals surface area (Å²) >= 11 is 5.52. The smallest absolute Gasteiger partial charge is 0.0223 e. The first kappa shape index (κ1) is 10.2. The summed E-state index contributed by atoms with van der Waals surface area (Å²) < 4.78 is 0. The van der Waals surface area contributed by atoms with Crippen molar-refractivity contribution in [2.24, 2.45) is 5.73 Å². The molecule has 0 atom stereocenters. The Kier molecular flexibility index (Phi) is 9.48. The predicted molar refractivity (Wildman–Crippen MR) is 47.5 cm³/mol. The summed E-state index contributed by atoms with van der Waals surface area (Å²) in [5.74, 6) is 0.816. The first-order chi connectivity index (χ1) is 4.91. The largest absolute Gasteiger partial charge is 0.330 e. The van der Waals surface area contributed by atoms with Gasteiger partial charge in [-0.05, 0) is 19.4 Å². The van der Waals surface area contributed by atoms with Gasteiger partial charge in [-0.25, -0.2) is 0 Å². The lowest BCUT2D eigenvalue weighted by molar-refractivity contribution is 0.613. The van der Waals surface area contributed by atoms with Gasteiger partial charge in [-0.3, -0.25) is 0 Å². The van der Waals surface area contributed by atoms with Crippen LogP contribution in [0.3, 0.4) is 0 Å². The van der Waals surface area contributed by atoms with E-state index in [4.69, 9.17) is 17.3 Å². The second-order valence-electron chi connectivity index (χ2n) is 2.60. The van der Waals surface area contributed by atoms with Crippen LogP contribution >= 0.6 is 11.6 Å². The van der Waals surface area contributed by atoms with E-state index in [0.29, 0.717) is 0 Å². The average molecular weight is 164 g/mol. The molecule has 0 unspecified atom stereocenters. The highest BCUT2D eigenvalue weighted by molar-refractivity contribution is 6.17. The highest BCUT2D eigenvalue weighted by atomic mass is 35.5. The van der Waals surface area contributed by atoms with Crippen molar-refractivity contribution in [1.29, 1.82) is 0 Å². The molecule has 0 aliphatic carbocycles. The fourth-order valence-electron chi connectivity index (χ4n) is 0.946. The lowest BCUT2D eigenvalue weighted by atomic mass is 10.1. The monoisotopic (exact) mass is 163 g/mol. The average Bonchev–Trinajstić information content (AvgIpc) is 1.97. The number of hydrogen-bond acceptors (Lipinski definition) is 1. The Bertz CT molecular complexity index is 49.2. The van der Waals surface area contributed by atoms with Crippen LogP contribution < -0.4 is 5.73 Å². The van der Waals surface area contributed by atoms with Crippen LogP contribution in [0.25, 0.3) is 0 Å². The molecule has 0 fully saturated rings. The van der Waals surface area contributed by atoms with Gasteiger partial charge in [0.2, 0.25) is 0 Å². The molecule has 0 aromatic carbocycles. The summed E-state index contributed by atoms with van der Waals surface area (Å²) in [4.78, 5) is 0. The van der Waals surface area contributed by atoms with Crippen molar-refractivity contribution in [1.82, 2.24) is 0 Å². The number of rotatable bonds is 7. The van der Waals surface area contributed by atoms with E-state index in [1.807, 2.05) is 0 Å². The quantitative estimate of drug-likeness (QED) is 0.453. The molecule has 10 heavy (non-hydrogen) atoms. The van der Waals surface area contributed by atoms with Crippen LogP contribution in [0, 0.1) is 0 Å². The van der Waals surface area contributed by atoms with E-state index in [0.717, 1.165) is 12.4 Å². The summed E-state index contributed by atoms with van der Waals surface area (Å²) in [6, 6.07) is 0. The molecule has 0 saturated carbocycles. The van der Waals surface area contributed by atoms with Crippen molar-refractivity contribution in [3.8, 4) is 0 Å². The summed E-state index contributed by atoms with van der Waals surface area (Å²) in [5.41, 5.74) is 5.35. The van der Waals surface area contributed by atoms with Crippen LogP contribution in [0.1, 0.15) is 38.5 Å². The maximum Gasteiger partial charge on any atom is 0.0223 e. The second kappa shape index (κ2) is 9.25. The molecule has 0 aromatic rings. The molecule has 2 N–H and O–H groups in total. The summed E-state index contributed by atoms with van der Waals surface area (Å²) in [6.07, 6.45) is 7.58. The van der Waals surface area contributed by atoms with E-state index in [2.05, 4.69) is 0 Å². The van der Waals surface area contributed by atoms with E-state index in [1.54, 1.807) is 0 Å². The normalized spacial score (nSPS) is 10.2. The van der Waals surface area contributed by atoms with E-state index in [1.165, 1.54) is 38.5 Å². The Morgan fingerprint density at radius 3 is 1.80 bits per heavy atom. The molecule has 1 nitrogen and oxygen atoms in total. The van der Waals surface area contributed by atoms with Gasteiger partial charge in [-0.15, -0.1) is 11.6 Å². The zero-order valence-electron chi connectivity index (χ0n) is 6.61. The van der Waals surface area contributed by atoms with Gasteiger partial charge < -0.3 is 5.73 Å². The van der Waals surface area contributed by atoms with Crippen molar-refractivity contribution in [3.63, 3.8) is 0 Å². The van der Waals surface area contributed by atoms with Crippen molar-refractivity contribution in [2.75, 3.05) is 12.4 Å². The zero-order chi connectivity index (χ0) is 7.66. The number of nitrogens with two attached hydrogens (primary N) is 1. The fourth-order valence-corrected chi connectivity index (χ4v) is 1.13. The minimum atomic E-state index is 0.816. The Balaban J connectivity index is 2.65. The van der Waals surface area contributed by atoms with E-state index < -0.39 is 0 Å². The summed E-state index contributed by atoms with van der Waals surface area (Å²) in [5, 5.41) is 0. The topological polar surface area (TPSA) is 26.0 Å². The van der Waals surface area contributed by atoms with E-state index >= 15 is 0 Å². The molecule has 0 rings (SSSR count). The van der Waals surface area contributed by atoms with Crippen molar-refractivity contribution in [2.45, 2.75) is 38.5 Å². The molecular weight excluding hydrogens is 146 g/mol. The molecular formula is C8H18ClN. The third-order valence-corrected chi connectivity index (χ3v) is 1.86. The lowest BCUT2D eigenvalue weighted by Crippen LogP contribution is -1.97. The Hall–Kier alpha value is 0.250. The van der Waals surface area contributed by atoms with Crippen LogP contribution in [0.15, 0.2) is 0 Å². The van der Waals surface area contributed by atoms with E-state index in [9.17, 15) is 0 Å². The van der Waals surface area contributed by atoms with Gasteiger partial charge in [0, 0.05) is 5.88 Å². The van der Waals surface area contributed by atoms with Gasteiger partial charge in [-0.1, -0.05) is 25.7 Å². The first-order valence-corrected chi connectivity index (χ1v) is 4.71. The van der Waals surface area contributed by atoms with Crippen LogP contribution in [-0.4, -0.2) is 12.4 Å². The standard InChI is InChI=1S/C8H18ClN/c9-7-5-3-1-2-4-6-8-10/h1-8,10H2. The number of unbranched alkanes of at least 4 members (excludes halogenated alkanes) is 5. The minimum absolute atomic E-state index is 0.816. The van der Waals surface area contributed by atoms with Gasteiger partial charge in [-0.2, -0.15) is 0 Å². The van der Waals surface area contributed by atoms with Gasteiger partial charge in [0.1, 0.15) is 0 Å². The molecule has 0 heterocycles. The molecule has 0 aliphatic heterocycles. The number of alkyl halides is 1. The zero-order valence-corrected chi connectivity index (χ0v) is 7.37. The number of hydrogen-bond donors (Lipinski definition) is 1. The molecule has 0 spiro atoms. The molecule has 0 saturated heterocycles. The Morgan fingerprint density at radius 1 is 0.800 bits per heavy atom. The van der Waals surface area contributed by atoms with Crippen LogP contribution in [-0.2, 0) is 0 Å². The molecule has 0 amide bonds. The Labute approximate surface area is 68.9 Å². The van der Waals surface area contributed by atoms with Crippen molar-refractivity contribution >= 4 is 11.6 Å². The van der Waals surface area contributed by atoms with E-state index in [-0.39, 0.29) is 0 Å². The second-order valence-corrected chi connectivity index (χ2v) is 2.98. The highest BCUT2D eigenvalue weighted by Crippen LogP contribution is 2.04. The SMILES string of the molecule is NCCCCCCCCCl. The molecule has 0 radical (unpaired) electrons. The van der Waals surface area contributed by atoms with Gasteiger partial charge in [0.25, 0.3) is 0 Å². The third-order valence-electron chi connectivity index (χ3n) is 1.59. The van der Waals surface area contributed by atoms with Crippen LogP contribution in [0.4, 0.5) is 0 Å². The molecule has 0 bridgehead atoms. The third kappa shape index (κ3) is 8.25. The molecule has 0 aromatic heterocycles. The molecule has 2 heteroatoms. The number of halogens is 1. The summed E-state index contributed by atoms with van der Waals surface area (Å²) in [7, 11) is 0. The van der Waals surface area contributed by atoms with Crippen molar-refractivity contribution < 1.29 is 0 Å². The fraction of sp³-hybridized carbons (Fsp3) is 1.00. The maximum atomic E-state index is 5.52. The first-order valence-electron chi connectivity index (χ1n) is 4.18. The van der Waals surface area contributed by atoms with Gasteiger partial charge in [0.05, 0.1) is 0 Å². The minimum Gasteiger partial charge on any atom is -0.330 e. The van der Waals surface area contributed by atoms with Gasteiger partial charge >= 0.3 is 0 Å². The maximum absolute atomic E-state index is 5.52. The lowest BCUT2D eigenvalue weighted by Gasteiger charge is -1.97. The Morgan fingerprint density at radius 2 is 1.30 bits per heavy atom. The summed E-state index contributed by atoms with van der Waals surface area (Å²) in [6.45, 7) is 0.843. The van der Waals surface area contributed by atoms with Gasteiger partial charge in [0.15, 0.2) is 0 Å².